The number of benzene rings is 2. The maximum absolute atomic E-state index is 11.4. The number of methoxy groups -OCH3 is 1. The maximum atomic E-state index is 11.4. The monoisotopic (exact) mass is 357 g/mol. The molecule has 3 aromatic rings. The van der Waals surface area contributed by atoms with Gasteiger partial charge in [0.1, 0.15) is 0 Å². The molecular weight excluding hydrogens is 345 g/mol. The van der Waals surface area contributed by atoms with Gasteiger partial charge in [0.25, 0.3) is 0 Å². The van der Waals surface area contributed by atoms with E-state index in [1.54, 1.807) is 0 Å². The third kappa shape index (κ3) is 2.99. The first kappa shape index (κ1) is 16.4. The van der Waals surface area contributed by atoms with Crippen molar-refractivity contribution in [2.45, 2.75) is 0 Å². The number of esters is 1. The fourth-order valence-corrected chi connectivity index (χ4v) is 2.95. The van der Waals surface area contributed by atoms with Crippen molar-refractivity contribution in [3.05, 3.63) is 58.1 Å². The van der Waals surface area contributed by atoms with Crippen LogP contribution in [-0.4, -0.2) is 17.6 Å². The molecule has 0 aliphatic heterocycles. The number of hydrogen-bond donors (Lipinski definition) is 0. The number of fused-ring (bicyclic) bond motifs is 1. The summed E-state index contributed by atoms with van der Waals surface area (Å²) in [7, 11) is 3.25. The Kier molecular flexibility index (Phi) is 4.53. The van der Waals surface area contributed by atoms with Gasteiger partial charge in [-0.2, -0.15) is 0 Å². The Balaban J connectivity index is 2.33. The summed E-state index contributed by atoms with van der Waals surface area (Å²) in [5.41, 5.74) is 3.53. The first-order chi connectivity index (χ1) is 11.5. The third-order valence-corrected chi connectivity index (χ3v) is 4.24. The summed E-state index contributed by atoms with van der Waals surface area (Å²) in [6.45, 7) is 0. The van der Waals surface area contributed by atoms with Crippen molar-refractivity contribution in [1.82, 2.24) is 4.57 Å². The lowest BCUT2D eigenvalue weighted by atomic mass is 10.1. The van der Waals surface area contributed by atoms with E-state index in [4.69, 9.17) is 23.2 Å². The van der Waals surface area contributed by atoms with Crippen LogP contribution in [0.15, 0.2) is 42.5 Å². The second-order valence-corrected chi connectivity index (χ2v) is 6.07. The highest BCUT2D eigenvalue weighted by Gasteiger charge is 2.16. The molecule has 2 aromatic carbocycles. The van der Waals surface area contributed by atoms with Gasteiger partial charge in [-0.3, -0.25) is 0 Å². The SMILES string of the molecule is COC(=O)C#Cc1c(-c2ccc(Cl)cc2)n(C)c2ccc(Cl)cc12. The zero-order valence-electron chi connectivity index (χ0n) is 13.1. The fourth-order valence-electron chi connectivity index (χ4n) is 2.65. The van der Waals surface area contributed by atoms with Gasteiger partial charge in [-0.1, -0.05) is 41.3 Å². The van der Waals surface area contributed by atoms with E-state index in [9.17, 15) is 4.79 Å². The molecule has 1 aromatic heterocycles. The van der Waals surface area contributed by atoms with Gasteiger partial charge in [0.15, 0.2) is 0 Å². The smallest absolute Gasteiger partial charge is 0.384 e. The maximum Gasteiger partial charge on any atom is 0.384 e. The highest BCUT2D eigenvalue weighted by Crippen LogP contribution is 2.34. The lowest BCUT2D eigenvalue weighted by Crippen LogP contribution is -1.95. The summed E-state index contributed by atoms with van der Waals surface area (Å²) >= 11 is 12.1. The molecule has 0 spiro atoms. The van der Waals surface area contributed by atoms with Crippen molar-refractivity contribution in [2.24, 2.45) is 7.05 Å². The second kappa shape index (κ2) is 6.60. The first-order valence-corrected chi connectivity index (χ1v) is 7.90. The lowest BCUT2D eigenvalue weighted by molar-refractivity contribution is -0.133. The lowest BCUT2D eigenvalue weighted by Gasteiger charge is -2.05. The summed E-state index contributed by atoms with van der Waals surface area (Å²) in [6, 6.07) is 13.1. The molecule has 5 heteroatoms. The van der Waals surface area contributed by atoms with E-state index in [2.05, 4.69) is 16.6 Å². The Morgan fingerprint density at radius 1 is 1.08 bits per heavy atom. The van der Waals surface area contributed by atoms with Crippen LogP contribution in [0, 0.1) is 11.8 Å². The predicted octanol–water partition coefficient (Wildman–Crippen LogP) is 4.68. The molecular formula is C19H13Cl2NO2. The molecule has 0 unspecified atom stereocenters. The Morgan fingerprint density at radius 2 is 1.75 bits per heavy atom. The number of carbonyl (C=O) groups excluding carboxylic acids is 1. The predicted molar refractivity (Wildman–Crippen MR) is 97.3 cm³/mol. The summed E-state index contributed by atoms with van der Waals surface area (Å²) in [4.78, 5) is 11.4. The van der Waals surface area contributed by atoms with Crippen molar-refractivity contribution >= 4 is 40.1 Å². The van der Waals surface area contributed by atoms with E-state index in [0.29, 0.717) is 10.0 Å². The molecule has 0 aliphatic rings. The standard InChI is InChI=1S/C19H13Cl2NO2/c1-22-17-9-7-14(21)11-16(17)15(8-10-18(23)24-2)19(22)12-3-5-13(20)6-4-12/h3-7,9,11H,1-2H3. The first-order valence-electron chi connectivity index (χ1n) is 7.15. The number of rotatable bonds is 1. The molecule has 0 radical (unpaired) electrons. The molecule has 0 bridgehead atoms. The van der Waals surface area contributed by atoms with Crippen molar-refractivity contribution in [3.63, 3.8) is 0 Å². The molecule has 24 heavy (non-hydrogen) atoms. The van der Waals surface area contributed by atoms with Crippen molar-refractivity contribution in [1.29, 1.82) is 0 Å². The highest BCUT2D eigenvalue weighted by atomic mass is 35.5. The fraction of sp³-hybridized carbons (Fsp3) is 0.105. The Hall–Kier alpha value is -2.41. The van der Waals surface area contributed by atoms with Gasteiger partial charge in [0, 0.05) is 33.9 Å². The quantitative estimate of drug-likeness (QED) is 0.467. The van der Waals surface area contributed by atoms with Gasteiger partial charge in [-0.15, -0.1) is 0 Å². The van der Waals surface area contributed by atoms with E-state index < -0.39 is 5.97 Å². The zero-order valence-corrected chi connectivity index (χ0v) is 14.6. The number of aryl methyl sites for hydroxylation is 1. The largest absolute Gasteiger partial charge is 0.459 e. The summed E-state index contributed by atoms with van der Waals surface area (Å²) in [5.74, 6) is 4.85. The second-order valence-electron chi connectivity index (χ2n) is 5.19. The van der Waals surface area contributed by atoms with Gasteiger partial charge < -0.3 is 9.30 Å². The van der Waals surface area contributed by atoms with Crippen LogP contribution >= 0.6 is 23.2 Å². The number of halogens is 2. The number of nitrogens with zero attached hydrogens (tertiary/aromatic N) is 1. The van der Waals surface area contributed by atoms with Gasteiger partial charge in [-0.25, -0.2) is 4.79 Å². The molecule has 0 N–H and O–H groups in total. The molecule has 0 atom stereocenters. The zero-order chi connectivity index (χ0) is 17.3. The van der Waals surface area contributed by atoms with Crippen LogP contribution < -0.4 is 0 Å². The van der Waals surface area contributed by atoms with Gasteiger partial charge in [-0.05, 0) is 35.9 Å². The minimum Gasteiger partial charge on any atom is -0.459 e. The van der Waals surface area contributed by atoms with Gasteiger partial charge >= 0.3 is 5.97 Å². The summed E-state index contributed by atoms with van der Waals surface area (Å²) in [5, 5.41) is 2.14. The highest BCUT2D eigenvalue weighted by molar-refractivity contribution is 6.31. The third-order valence-electron chi connectivity index (χ3n) is 3.75. The average molecular weight is 358 g/mol. The Bertz CT molecular complexity index is 992. The molecule has 3 rings (SSSR count). The minimum absolute atomic E-state index is 0.587. The topological polar surface area (TPSA) is 31.2 Å². The Labute approximate surface area is 149 Å². The van der Waals surface area contributed by atoms with Crippen LogP contribution in [0.1, 0.15) is 5.56 Å². The number of hydrogen-bond acceptors (Lipinski definition) is 2. The summed E-state index contributed by atoms with van der Waals surface area (Å²) in [6.07, 6.45) is 0. The molecule has 120 valence electrons. The van der Waals surface area contributed by atoms with Gasteiger partial charge in [0.05, 0.1) is 18.4 Å². The number of aromatic nitrogens is 1. The van der Waals surface area contributed by atoms with E-state index in [0.717, 1.165) is 27.7 Å². The molecule has 0 saturated carbocycles. The van der Waals surface area contributed by atoms with Crippen molar-refractivity contribution in [2.75, 3.05) is 7.11 Å². The van der Waals surface area contributed by atoms with Crippen LogP contribution in [-0.2, 0) is 16.6 Å². The van der Waals surface area contributed by atoms with E-state index >= 15 is 0 Å². The number of ether oxygens (including phenoxy) is 1. The van der Waals surface area contributed by atoms with Gasteiger partial charge in [0.2, 0.25) is 0 Å². The van der Waals surface area contributed by atoms with Crippen LogP contribution in [0.3, 0.4) is 0 Å². The van der Waals surface area contributed by atoms with E-state index in [1.165, 1.54) is 7.11 Å². The molecule has 0 saturated heterocycles. The number of carbonyl (C=O) groups is 1. The molecule has 3 nitrogen and oxygen atoms in total. The average Bonchev–Trinajstić information content (AvgIpc) is 2.85. The normalized spacial score (nSPS) is 10.3. The van der Waals surface area contributed by atoms with Crippen LogP contribution in [0.4, 0.5) is 0 Å². The van der Waals surface area contributed by atoms with Crippen LogP contribution in [0.25, 0.3) is 22.2 Å². The summed E-state index contributed by atoms with van der Waals surface area (Å²) < 4.78 is 6.64. The molecule has 1 heterocycles. The van der Waals surface area contributed by atoms with E-state index in [1.807, 2.05) is 54.1 Å². The van der Waals surface area contributed by atoms with E-state index in [-0.39, 0.29) is 0 Å². The van der Waals surface area contributed by atoms with Crippen molar-refractivity contribution in [3.8, 4) is 23.1 Å². The Morgan fingerprint density at radius 3 is 2.42 bits per heavy atom. The minimum atomic E-state index is -0.587. The molecule has 0 amide bonds. The van der Waals surface area contributed by atoms with Crippen LogP contribution in [0.5, 0.6) is 0 Å². The molecule has 0 fully saturated rings. The van der Waals surface area contributed by atoms with Crippen molar-refractivity contribution < 1.29 is 9.53 Å². The van der Waals surface area contributed by atoms with Crippen LogP contribution in [0.2, 0.25) is 10.0 Å². The molecule has 0 aliphatic carbocycles.